The Morgan fingerprint density at radius 3 is 1.13 bits per heavy atom. The largest absolute Gasteiger partial charge is 2.00 e. The molecule has 0 amide bonds. The van der Waals surface area contributed by atoms with Gasteiger partial charge in [0.05, 0.1) is 0 Å². The molecule has 1 saturated heterocycles. The zero-order valence-electron chi connectivity index (χ0n) is 36.8. The molecular weight excluding hydrogens is 820 g/mol. The molecule has 7 heteroatoms. The van der Waals surface area contributed by atoms with Crippen molar-refractivity contribution >= 4 is 0 Å². The number of hydrogen-bond donors (Lipinski definition) is 4. The van der Waals surface area contributed by atoms with Gasteiger partial charge in [-0.3, -0.25) is 0 Å². The Kier molecular flexibility index (Phi) is 20.3. The van der Waals surface area contributed by atoms with Crippen LogP contribution in [0.5, 0.6) is 0 Å². The monoisotopic (exact) mass is 880 g/mol. The first-order valence-corrected chi connectivity index (χ1v) is 21.2. The summed E-state index contributed by atoms with van der Waals surface area (Å²) in [5, 5.41) is 48.3. The molecule has 4 N–H and O–H groups in total. The molecule has 0 radical (unpaired) electrons. The van der Waals surface area contributed by atoms with Crippen molar-refractivity contribution in [2.75, 3.05) is 13.1 Å². The summed E-state index contributed by atoms with van der Waals surface area (Å²) < 4.78 is 0. The quantitative estimate of drug-likeness (QED) is 0.0693. The standard InChI is InChI=1S/2C21H20O2.C7H12N.C7H8N.Fe/c2*1-14-6-10-16(11-7-14)18-4-3-5-19(20(18)21(22)23)17-12-8-15(2)9-13-17;2*1-2-7-5-3-4-6-8-7;/h2*3-13,21-23H,1-2H3;2,7H,1,3-6H2;2-5H,1,6H2;/q;;2*-1;+2. The zero-order valence-corrected chi connectivity index (χ0v) is 37.9. The van der Waals surface area contributed by atoms with E-state index in [9.17, 15) is 20.4 Å². The van der Waals surface area contributed by atoms with Gasteiger partial charge in [0.25, 0.3) is 0 Å². The third kappa shape index (κ3) is 14.7. The van der Waals surface area contributed by atoms with Gasteiger partial charge in [0.1, 0.15) is 0 Å². The number of hydrogen-bond acceptors (Lipinski definition) is 4. The predicted molar refractivity (Wildman–Crippen MR) is 260 cm³/mol. The fourth-order valence-corrected chi connectivity index (χ4v) is 7.20. The molecule has 2 aliphatic rings. The molecule has 326 valence electrons. The molecule has 1 unspecified atom stereocenters. The van der Waals surface area contributed by atoms with Crippen LogP contribution < -0.4 is 0 Å². The second-order valence-electron chi connectivity index (χ2n) is 15.5. The van der Waals surface area contributed by atoms with Crippen LogP contribution in [-0.2, 0) is 17.1 Å². The van der Waals surface area contributed by atoms with Gasteiger partial charge in [-0.1, -0.05) is 193 Å². The molecule has 2 heterocycles. The van der Waals surface area contributed by atoms with Crippen molar-refractivity contribution in [3.05, 3.63) is 227 Å². The van der Waals surface area contributed by atoms with Gasteiger partial charge in [0, 0.05) is 11.1 Å². The average molecular weight is 881 g/mol. The van der Waals surface area contributed by atoms with Crippen LogP contribution in [0.15, 0.2) is 183 Å². The van der Waals surface area contributed by atoms with Crippen LogP contribution in [0, 0.1) is 27.7 Å². The van der Waals surface area contributed by atoms with E-state index >= 15 is 0 Å². The Morgan fingerprint density at radius 1 is 0.540 bits per heavy atom. The predicted octanol–water partition coefficient (Wildman–Crippen LogP) is 13.3. The molecule has 6 aromatic carbocycles. The molecule has 1 atom stereocenters. The normalized spacial score (nSPS) is 13.9. The van der Waals surface area contributed by atoms with Crippen LogP contribution in [0.2, 0.25) is 0 Å². The molecule has 0 spiro atoms. The van der Waals surface area contributed by atoms with E-state index in [0.717, 1.165) is 63.3 Å². The van der Waals surface area contributed by atoms with E-state index in [1.54, 1.807) is 6.08 Å². The second-order valence-corrected chi connectivity index (χ2v) is 15.5. The number of benzene rings is 6. The summed E-state index contributed by atoms with van der Waals surface area (Å²) in [5.74, 6) is 0. The molecule has 0 bridgehead atoms. The van der Waals surface area contributed by atoms with E-state index in [2.05, 4.69) is 23.8 Å². The summed E-state index contributed by atoms with van der Waals surface area (Å²) in [6, 6.07) is 44.4. The van der Waals surface area contributed by atoms with Crippen molar-refractivity contribution < 1.29 is 37.5 Å². The molecule has 63 heavy (non-hydrogen) atoms. The van der Waals surface area contributed by atoms with Crippen molar-refractivity contribution in [1.29, 1.82) is 0 Å². The molecule has 6 aromatic rings. The zero-order chi connectivity index (χ0) is 44.4. The smallest absolute Gasteiger partial charge is 0.681 e. The molecule has 1 fully saturated rings. The molecule has 0 saturated carbocycles. The van der Waals surface area contributed by atoms with Crippen molar-refractivity contribution in [3.63, 3.8) is 0 Å². The first kappa shape index (κ1) is 50.0. The Hall–Kier alpha value is -5.60. The number of aryl methyl sites for hydroxylation is 4. The molecule has 2 aliphatic heterocycles. The summed E-state index contributed by atoms with van der Waals surface area (Å²) in [7, 11) is 0. The van der Waals surface area contributed by atoms with Crippen LogP contribution in [0.3, 0.4) is 0 Å². The topological polar surface area (TPSA) is 109 Å². The van der Waals surface area contributed by atoms with Gasteiger partial charge in [0.15, 0.2) is 12.6 Å². The summed E-state index contributed by atoms with van der Waals surface area (Å²) in [6.45, 7) is 17.3. The van der Waals surface area contributed by atoms with Gasteiger partial charge in [-0.25, -0.2) is 0 Å². The Morgan fingerprint density at radius 2 is 0.905 bits per heavy atom. The Balaban J connectivity index is 0.000000203. The number of aliphatic hydroxyl groups is 4. The van der Waals surface area contributed by atoms with Crippen molar-refractivity contribution in [3.8, 4) is 44.5 Å². The van der Waals surface area contributed by atoms with Crippen LogP contribution in [0.1, 0.15) is 65.2 Å². The Labute approximate surface area is 385 Å². The van der Waals surface area contributed by atoms with E-state index < -0.39 is 12.6 Å². The number of piperidine rings is 1. The van der Waals surface area contributed by atoms with Crippen LogP contribution in [0.25, 0.3) is 55.1 Å². The number of allylic oxidation sites excluding steroid dienone is 3. The van der Waals surface area contributed by atoms with Crippen LogP contribution in [0.4, 0.5) is 0 Å². The minimum Gasteiger partial charge on any atom is -0.681 e. The van der Waals surface area contributed by atoms with E-state index in [1.165, 1.54) is 41.5 Å². The van der Waals surface area contributed by atoms with Crippen molar-refractivity contribution in [1.82, 2.24) is 0 Å². The van der Waals surface area contributed by atoms with Gasteiger partial charge in [-0.05, 0) is 72.2 Å². The SMILES string of the molecule is C=CC1=CC=CC[N-]1.C=CC1CCCC[N-]1.Cc1ccc(-c2cccc(-c3ccc(C)cc3)c2C(O)O)cc1.Cc1ccc(-c2cccc(-c3ccc(C)cc3)c2C(O)O)cc1.[Fe+2]. The number of aliphatic hydroxyl groups excluding tert-OH is 2. The third-order valence-corrected chi connectivity index (χ3v) is 10.7. The first-order valence-electron chi connectivity index (χ1n) is 21.2. The molecule has 0 aromatic heterocycles. The minimum absolute atomic E-state index is 0. The van der Waals surface area contributed by atoms with E-state index in [1.807, 2.05) is 185 Å². The van der Waals surface area contributed by atoms with E-state index in [0.29, 0.717) is 17.2 Å². The van der Waals surface area contributed by atoms with Crippen LogP contribution in [-0.4, -0.2) is 39.6 Å². The summed E-state index contributed by atoms with van der Waals surface area (Å²) in [6.07, 6.45) is 10.4. The molecule has 6 nitrogen and oxygen atoms in total. The maximum absolute atomic E-state index is 9.97. The van der Waals surface area contributed by atoms with Gasteiger partial charge in [0.2, 0.25) is 0 Å². The number of nitrogens with zero attached hydrogens (tertiary/aromatic N) is 2. The van der Waals surface area contributed by atoms with E-state index in [-0.39, 0.29) is 17.1 Å². The maximum Gasteiger partial charge on any atom is 2.00 e. The van der Waals surface area contributed by atoms with Gasteiger partial charge >= 0.3 is 17.1 Å². The fraction of sp³-hybridized carbons (Fsp3) is 0.214. The summed E-state index contributed by atoms with van der Waals surface area (Å²) in [5.41, 5.74) is 14.1. The minimum atomic E-state index is -1.52. The molecule has 0 aliphatic carbocycles. The van der Waals surface area contributed by atoms with Gasteiger partial charge in [-0.15, -0.1) is 50.1 Å². The van der Waals surface area contributed by atoms with E-state index in [4.69, 9.17) is 0 Å². The second kappa shape index (κ2) is 25.5. The van der Waals surface area contributed by atoms with Gasteiger partial charge in [-0.2, -0.15) is 0 Å². The first-order chi connectivity index (χ1) is 30.0. The average Bonchev–Trinajstić information content (AvgIpc) is 3.30. The summed E-state index contributed by atoms with van der Waals surface area (Å²) >= 11 is 0. The fourth-order valence-electron chi connectivity index (χ4n) is 7.20. The maximum atomic E-state index is 9.97. The Bertz CT molecular complexity index is 2120. The van der Waals surface area contributed by atoms with Crippen LogP contribution >= 0.6 is 0 Å². The third-order valence-electron chi connectivity index (χ3n) is 10.7. The molecular formula is C56H60FeN2O4. The summed E-state index contributed by atoms with van der Waals surface area (Å²) in [4.78, 5) is 0. The number of rotatable bonds is 8. The van der Waals surface area contributed by atoms with Crippen molar-refractivity contribution in [2.24, 2.45) is 0 Å². The van der Waals surface area contributed by atoms with Gasteiger partial charge < -0.3 is 31.1 Å². The van der Waals surface area contributed by atoms with Crippen molar-refractivity contribution in [2.45, 2.75) is 65.6 Å². The molecule has 8 rings (SSSR count).